The number of hydrogen-bond acceptors (Lipinski definition) is 5. The number of esters is 1. The van der Waals surface area contributed by atoms with Crippen LogP contribution in [0.3, 0.4) is 0 Å². The monoisotopic (exact) mass is 199 g/mol. The smallest absolute Gasteiger partial charge is 0.375 e. The van der Waals surface area contributed by atoms with Gasteiger partial charge in [-0.1, -0.05) is 0 Å². The van der Waals surface area contributed by atoms with Crippen LogP contribution in [0.4, 0.5) is 0 Å². The average molecular weight is 199 g/mol. The number of rotatable bonds is 4. The molecule has 0 aromatic carbocycles. The van der Waals surface area contributed by atoms with E-state index in [1.165, 1.54) is 11.3 Å². The molecule has 0 spiro atoms. The van der Waals surface area contributed by atoms with Gasteiger partial charge in [-0.25, -0.2) is 9.78 Å². The zero-order valence-electron chi connectivity index (χ0n) is 7.15. The predicted molar refractivity (Wildman–Crippen MR) is 47.5 cm³/mol. The van der Waals surface area contributed by atoms with Crippen molar-refractivity contribution in [2.45, 2.75) is 13.3 Å². The maximum Gasteiger partial charge on any atom is 0.375 e. The van der Waals surface area contributed by atoms with Gasteiger partial charge in [-0.2, -0.15) is 0 Å². The van der Waals surface area contributed by atoms with Crippen molar-refractivity contribution in [2.75, 3.05) is 6.61 Å². The van der Waals surface area contributed by atoms with E-state index < -0.39 is 11.8 Å². The third kappa shape index (κ3) is 2.95. The van der Waals surface area contributed by atoms with Crippen LogP contribution in [0.15, 0.2) is 11.6 Å². The molecule has 0 atom stereocenters. The summed E-state index contributed by atoms with van der Waals surface area (Å²) >= 11 is 1.35. The van der Waals surface area contributed by atoms with E-state index in [-0.39, 0.29) is 13.0 Å². The first kappa shape index (κ1) is 9.85. The summed E-state index contributed by atoms with van der Waals surface area (Å²) in [6.45, 7) is 1.89. The topological polar surface area (TPSA) is 56.3 Å². The molecule has 0 saturated heterocycles. The minimum absolute atomic E-state index is 0.0382. The number of nitrogens with zero attached hydrogens (tertiary/aromatic N) is 1. The van der Waals surface area contributed by atoms with Crippen molar-refractivity contribution < 1.29 is 14.3 Å². The van der Waals surface area contributed by atoms with Crippen LogP contribution < -0.4 is 0 Å². The van der Waals surface area contributed by atoms with E-state index in [1.54, 1.807) is 18.5 Å². The molecule has 0 bridgehead atoms. The number of thiazole rings is 1. The Hall–Kier alpha value is -1.23. The highest BCUT2D eigenvalue weighted by molar-refractivity contribution is 7.09. The van der Waals surface area contributed by atoms with Crippen LogP contribution in [0.5, 0.6) is 0 Å². The fourth-order valence-corrected chi connectivity index (χ4v) is 1.38. The van der Waals surface area contributed by atoms with E-state index in [1.807, 2.05) is 0 Å². The van der Waals surface area contributed by atoms with Crippen LogP contribution in [0, 0.1) is 0 Å². The number of carbonyl (C=O) groups excluding carboxylic acids is 2. The van der Waals surface area contributed by atoms with Gasteiger partial charge in [0.15, 0.2) is 0 Å². The summed E-state index contributed by atoms with van der Waals surface area (Å²) in [5.74, 6) is -1.32. The molecule has 0 N–H and O–H groups in total. The summed E-state index contributed by atoms with van der Waals surface area (Å²) in [5, 5.41) is 2.39. The average Bonchev–Trinajstić information content (AvgIpc) is 2.57. The van der Waals surface area contributed by atoms with Crippen LogP contribution in [0.1, 0.15) is 11.9 Å². The molecule has 4 nitrogen and oxygen atoms in total. The van der Waals surface area contributed by atoms with Crippen molar-refractivity contribution in [1.29, 1.82) is 0 Å². The Labute approximate surface area is 79.6 Å². The summed E-state index contributed by atoms with van der Waals surface area (Å²) in [4.78, 5) is 25.9. The summed E-state index contributed by atoms with van der Waals surface area (Å²) < 4.78 is 4.54. The van der Waals surface area contributed by atoms with Gasteiger partial charge >= 0.3 is 5.97 Å². The highest BCUT2D eigenvalue weighted by atomic mass is 32.1. The van der Waals surface area contributed by atoms with Gasteiger partial charge in [-0.05, 0) is 6.92 Å². The van der Waals surface area contributed by atoms with Gasteiger partial charge in [-0.15, -0.1) is 11.3 Å². The lowest BCUT2D eigenvalue weighted by Gasteiger charge is -1.97. The fourth-order valence-electron chi connectivity index (χ4n) is 0.761. The Bertz CT molecular complexity index is 294. The molecule has 13 heavy (non-hydrogen) atoms. The lowest BCUT2D eigenvalue weighted by atomic mass is 10.3. The Balaban J connectivity index is 2.46. The Kier molecular flexibility index (Phi) is 3.57. The fraction of sp³-hybridized carbons (Fsp3) is 0.375. The minimum Gasteiger partial charge on any atom is -0.460 e. The first-order valence-electron chi connectivity index (χ1n) is 3.82. The van der Waals surface area contributed by atoms with Crippen molar-refractivity contribution in [2.24, 2.45) is 0 Å². The number of hydrogen-bond donors (Lipinski definition) is 0. The van der Waals surface area contributed by atoms with Crippen molar-refractivity contribution in [3.05, 3.63) is 16.6 Å². The quantitative estimate of drug-likeness (QED) is 0.532. The normalized spacial score (nSPS) is 9.62. The Morgan fingerprint density at radius 1 is 1.62 bits per heavy atom. The van der Waals surface area contributed by atoms with Crippen molar-refractivity contribution >= 4 is 23.1 Å². The molecular formula is C8H9NO3S. The second-order valence-corrected chi connectivity index (χ2v) is 3.23. The van der Waals surface area contributed by atoms with Crippen molar-refractivity contribution in [3.8, 4) is 0 Å². The molecule has 70 valence electrons. The summed E-state index contributed by atoms with van der Waals surface area (Å²) in [6.07, 6.45) is 1.63. The second kappa shape index (κ2) is 4.71. The standard InChI is InChI=1S/C8H9NO3S/c1-2-12-8(11)6(10)5-7-9-3-4-13-7/h3-4H,2,5H2,1H3. The van der Waals surface area contributed by atoms with Crippen LogP contribution in [0.2, 0.25) is 0 Å². The van der Waals surface area contributed by atoms with Gasteiger partial charge in [0.05, 0.1) is 13.0 Å². The van der Waals surface area contributed by atoms with Crippen molar-refractivity contribution in [1.82, 2.24) is 4.98 Å². The molecule has 5 heteroatoms. The SMILES string of the molecule is CCOC(=O)C(=O)Cc1nccs1. The van der Waals surface area contributed by atoms with E-state index >= 15 is 0 Å². The molecular weight excluding hydrogens is 190 g/mol. The molecule has 1 aromatic rings. The lowest BCUT2D eigenvalue weighted by Crippen LogP contribution is -2.19. The van der Waals surface area contributed by atoms with E-state index in [4.69, 9.17) is 0 Å². The molecule has 0 unspecified atom stereocenters. The van der Waals surface area contributed by atoms with Crippen LogP contribution in [-0.4, -0.2) is 23.3 Å². The third-order valence-electron chi connectivity index (χ3n) is 1.30. The summed E-state index contributed by atoms with van der Waals surface area (Å²) in [6, 6.07) is 0. The highest BCUT2D eigenvalue weighted by Crippen LogP contribution is 2.05. The molecule has 0 saturated carbocycles. The van der Waals surface area contributed by atoms with Crippen molar-refractivity contribution in [3.63, 3.8) is 0 Å². The molecule has 0 aliphatic heterocycles. The molecule has 0 fully saturated rings. The van der Waals surface area contributed by atoms with Gasteiger partial charge in [0, 0.05) is 11.6 Å². The molecule has 0 aliphatic rings. The molecule has 1 aromatic heterocycles. The molecule has 0 radical (unpaired) electrons. The molecule has 1 heterocycles. The zero-order valence-corrected chi connectivity index (χ0v) is 7.97. The van der Waals surface area contributed by atoms with Gasteiger partial charge in [0.1, 0.15) is 5.01 Å². The molecule has 1 rings (SSSR count). The van der Waals surface area contributed by atoms with E-state index in [9.17, 15) is 9.59 Å². The maximum absolute atomic E-state index is 11.1. The second-order valence-electron chi connectivity index (χ2n) is 2.25. The van der Waals surface area contributed by atoms with E-state index in [0.717, 1.165) is 0 Å². The minimum atomic E-state index is -0.780. The predicted octanol–water partition coefficient (Wildman–Crippen LogP) is 0.818. The number of carbonyl (C=O) groups is 2. The Morgan fingerprint density at radius 3 is 2.92 bits per heavy atom. The Morgan fingerprint density at radius 2 is 2.38 bits per heavy atom. The summed E-state index contributed by atoms with van der Waals surface area (Å²) in [7, 11) is 0. The highest BCUT2D eigenvalue weighted by Gasteiger charge is 2.16. The van der Waals surface area contributed by atoms with Crippen LogP contribution >= 0.6 is 11.3 Å². The first-order valence-corrected chi connectivity index (χ1v) is 4.70. The molecule has 0 aliphatic carbocycles. The number of Topliss-reactive ketones (excluding diaryl/α,β-unsaturated/α-hetero) is 1. The summed E-state index contributed by atoms with van der Waals surface area (Å²) in [5.41, 5.74) is 0. The zero-order chi connectivity index (χ0) is 9.68. The number of ether oxygens (including phenoxy) is 1. The molecule has 0 amide bonds. The van der Waals surface area contributed by atoms with Crippen LogP contribution in [0.25, 0.3) is 0 Å². The largest absolute Gasteiger partial charge is 0.460 e. The van der Waals surface area contributed by atoms with Gasteiger partial charge < -0.3 is 4.74 Å². The van der Waals surface area contributed by atoms with Gasteiger partial charge in [0.25, 0.3) is 0 Å². The van der Waals surface area contributed by atoms with Gasteiger partial charge in [0.2, 0.25) is 5.78 Å². The number of aromatic nitrogens is 1. The lowest BCUT2D eigenvalue weighted by molar-refractivity contribution is -0.153. The van der Waals surface area contributed by atoms with Gasteiger partial charge in [-0.3, -0.25) is 4.79 Å². The maximum atomic E-state index is 11.1. The number of ketones is 1. The third-order valence-corrected chi connectivity index (χ3v) is 2.08. The van der Waals surface area contributed by atoms with Crippen LogP contribution in [-0.2, 0) is 20.7 Å². The van der Waals surface area contributed by atoms with E-state index in [2.05, 4.69) is 9.72 Å². The van der Waals surface area contributed by atoms with E-state index in [0.29, 0.717) is 5.01 Å². The first-order chi connectivity index (χ1) is 6.24.